The monoisotopic (exact) mass is 356 g/mol. The highest BCUT2D eigenvalue weighted by Gasteiger charge is 2.07. The normalized spacial score (nSPS) is 10.9. The van der Waals surface area contributed by atoms with E-state index in [4.69, 9.17) is 0 Å². The number of aromatic nitrogens is 4. The van der Waals surface area contributed by atoms with Crippen LogP contribution < -0.4 is 0 Å². The molecule has 0 N–H and O–H groups in total. The summed E-state index contributed by atoms with van der Waals surface area (Å²) in [5.41, 5.74) is 2.46. The number of imidazole rings is 1. The lowest BCUT2D eigenvalue weighted by molar-refractivity contribution is 0.683. The van der Waals surface area contributed by atoms with Crippen LogP contribution in [0.2, 0.25) is 0 Å². The van der Waals surface area contributed by atoms with E-state index in [1.807, 2.05) is 61.2 Å². The fourth-order valence-electron chi connectivity index (χ4n) is 2.30. The highest BCUT2D eigenvalue weighted by molar-refractivity contribution is 7.99. The third-order valence-corrected chi connectivity index (χ3v) is 5.93. The fourth-order valence-corrected chi connectivity index (χ4v) is 4.19. The van der Waals surface area contributed by atoms with Gasteiger partial charge in [-0.15, -0.1) is 23.5 Å². The molecule has 0 amide bonds. The molecule has 3 rings (SSSR count). The van der Waals surface area contributed by atoms with Gasteiger partial charge in [-0.1, -0.05) is 0 Å². The SMILES string of the molecule is Cc1c(SCCCn2ccnc2)ccnc1CSc1ccncc1. The molecule has 0 saturated heterocycles. The van der Waals surface area contributed by atoms with Crippen molar-refractivity contribution in [3.63, 3.8) is 0 Å². The van der Waals surface area contributed by atoms with Crippen molar-refractivity contribution in [3.8, 4) is 0 Å². The maximum atomic E-state index is 4.56. The van der Waals surface area contributed by atoms with Crippen LogP contribution in [0.4, 0.5) is 0 Å². The summed E-state index contributed by atoms with van der Waals surface area (Å²) < 4.78 is 2.12. The summed E-state index contributed by atoms with van der Waals surface area (Å²) in [7, 11) is 0. The lowest BCUT2D eigenvalue weighted by Gasteiger charge is -2.10. The zero-order chi connectivity index (χ0) is 16.6. The highest BCUT2D eigenvalue weighted by atomic mass is 32.2. The van der Waals surface area contributed by atoms with Gasteiger partial charge in [-0.2, -0.15) is 0 Å². The lowest BCUT2D eigenvalue weighted by atomic mass is 10.2. The molecule has 6 heteroatoms. The number of aryl methyl sites for hydroxylation is 1. The van der Waals surface area contributed by atoms with Crippen LogP contribution >= 0.6 is 23.5 Å². The van der Waals surface area contributed by atoms with Gasteiger partial charge in [0.15, 0.2) is 0 Å². The molecule has 0 radical (unpaired) electrons. The minimum atomic E-state index is 0.888. The second-order valence-corrected chi connectivity index (χ2v) is 7.54. The minimum absolute atomic E-state index is 0.888. The third kappa shape index (κ3) is 4.85. The van der Waals surface area contributed by atoms with Gasteiger partial charge in [0.1, 0.15) is 0 Å². The summed E-state index contributed by atoms with van der Waals surface area (Å²) in [6, 6.07) is 6.20. The first-order valence-electron chi connectivity index (χ1n) is 7.89. The summed E-state index contributed by atoms with van der Waals surface area (Å²) in [4.78, 5) is 15.2. The van der Waals surface area contributed by atoms with E-state index in [-0.39, 0.29) is 0 Å². The Balaban J connectivity index is 1.52. The molecule has 24 heavy (non-hydrogen) atoms. The van der Waals surface area contributed by atoms with Gasteiger partial charge in [0.25, 0.3) is 0 Å². The van der Waals surface area contributed by atoms with Gasteiger partial charge in [0, 0.05) is 53.1 Å². The van der Waals surface area contributed by atoms with E-state index < -0.39 is 0 Å². The van der Waals surface area contributed by atoms with Gasteiger partial charge >= 0.3 is 0 Å². The Bertz CT molecular complexity index is 745. The van der Waals surface area contributed by atoms with Crippen molar-refractivity contribution in [1.29, 1.82) is 0 Å². The molecule has 4 nitrogen and oxygen atoms in total. The number of rotatable bonds is 8. The largest absolute Gasteiger partial charge is 0.337 e. The van der Waals surface area contributed by atoms with Crippen LogP contribution in [0.3, 0.4) is 0 Å². The Labute approximate surface area is 151 Å². The smallest absolute Gasteiger partial charge is 0.0945 e. The Morgan fingerprint density at radius 2 is 1.88 bits per heavy atom. The first kappa shape index (κ1) is 17.0. The quantitative estimate of drug-likeness (QED) is 0.440. The number of hydrogen-bond donors (Lipinski definition) is 0. The van der Waals surface area contributed by atoms with Crippen LogP contribution in [0.15, 0.2) is 65.3 Å². The molecule has 3 aromatic heterocycles. The van der Waals surface area contributed by atoms with Crippen LogP contribution in [0.5, 0.6) is 0 Å². The van der Waals surface area contributed by atoms with Crippen LogP contribution in [-0.2, 0) is 12.3 Å². The molecule has 0 aliphatic rings. The number of pyridine rings is 2. The van der Waals surface area contributed by atoms with E-state index in [9.17, 15) is 0 Å². The van der Waals surface area contributed by atoms with Crippen molar-refractivity contribution in [2.24, 2.45) is 0 Å². The zero-order valence-corrected chi connectivity index (χ0v) is 15.3. The Morgan fingerprint density at radius 1 is 1.00 bits per heavy atom. The third-order valence-electron chi connectivity index (χ3n) is 3.66. The number of hydrogen-bond acceptors (Lipinski definition) is 5. The molecule has 0 bridgehead atoms. The fraction of sp³-hybridized carbons (Fsp3) is 0.278. The van der Waals surface area contributed by atoms with Crippen LogP contribution in [-0.4, -0.2) is 25.3 Å². The van der Waals surface area contributed by atoms with E-state index in [0.29, 0.717) is 0 Å². The summed E-state index contributed by atoms with van der Waals surface area (Å²) in [6.45, 7) is 3.19. The molecule has 0 aliphatic carbocycles. The predicted molar refractivity (Wildman–Crippen MR) is 100 cm³/mol. The van der Waals surface area contributed by atoms with Gasteiger partial charge in [-0.3, -0.25) is 9.97 Å². The maximum absolute atomic E-state index is 4.56. The first-order valence-corrected chi connectivity index (χ1v) is 9.86. The standard InChI is InChI=1S/C18H20N4S2/c1-15-17(13-24-16-3-6-19-7-4-16)21-8-5-18(15)23-12-2-10-22-11-9-20-14-22/h3-9,11,14H,2,10,12-13H2,1H3. The number of thioether (sulfide) groups is 2. The van der Waals surface area contributed by atoms with Crippen LogP contribution in [0.1, 0.15) is 17.7 Å². The van der Waals surface area contributed by atoms with Gasteiger partial charge < -0.3 is 4.57 Å². The summed E-state index contributed by atoms with van der Waals surface area (Å²) >= 11 is 3.71. The van der Waals surface area contributed by atoms with Gasteiger partial charge in [-0.25, -0.2) is 4.98 Å². The minimum Gasteiger partial charge on any atom is -0.337 e. The molecule has 0 aliphatic heterocycles. The Kier molecular flexibility index (Phi) is 6.32. The van der Waals surface area contributed by atoms with Crippen molar-refractivity contribution >= 4 is 23.5 Å². The maximum Gasteiger partial charge on any atom is 0.0945 e. The highest BCUT2D eigenvalue weighted by Crippen LogP contribution is 2.28. The Morgan fingerprint density at radius 3 is 2.67 bits per heavy atom. The first-order chi connectivity index (χ1) is 11.8. The van der Waals surface area contributed by atoms with E-state index >= 15 is 0 Å². The topological polar surface area (TPSA) is 43.6 Å². The molecule has 0 atom stereocenters. The molecule has 124 valence electrons. The van der Waals surface area contributed by atoms with Crippen molar-refractivity contribution in [3.05, 3.63) is 66.8 Å². The van der Waals surface area contributed by atoms with E-state index in [0.717, 1.165) is 30.2 Å². The molecule has 0 aromatic carbocycles. The molecular weight excluding hydrogens is 336 g/mol. The Hall–Kier alpha value is -1.79. The van der Waals surface area contributed by atoms with Crippen LogP contribution in [0, 0.1) is 6.92 Å². The number of nitrogens with zero attached hydrogens (tertiary/aromatic N) is 4. The average Bonchev–Trinajstić information content (AvgIpc) is 3.13. The van der Waals surface area contributed by atoms with Crippen LogP contribution in [0.25, 0.3) is 0 Å². The van der Waals surface area contributed by atoms with Gasteiger partial charge in [0.05, 0.1) is 12.0 Å². The van der Waals surface area contributed by atoms with Crippen molar-refractivity contribution in [1.82, 2.24) is 19.5 Å². The average molecular weight is 357 g/mol. The molecular formula is C18H20N4S2. The van der Waals surface area contributed by atoms with Gasteiger partial charge in [-0.05, 0) is 42.9 Å². The molecule has 3 aromatic rings. The molecule has 0 fully saturated rings. The second kappa shape index (κ2) is 8.89. The second-order valence-electron chi connectivity index (χ2n) is 5.35. The molecule has 3 heterocycles. The van der Waals surface area contributed by atoms with Crippen molar-refractivity contribution < 1.29 is 0 Å². The van der Waals surface area contributed by atoms with Gasteiger partial charge in [0.2, 0.25) is 0 Å². The zero-order valence-electron chi connectivity index (χ0n) is 13.6. The molecule has 0 spiro atoms. The molecule has 0 unspecified atom stereocenters. The summed E-state index contributed by atoms with van der Waals surface area (Å²) in [6.07, 6.45) is 12.4. The summed E-state index contributed by atoms with van der Waals surface area (Å²) in [5, 5.41) is 0. The van der Waals surface area contributed by atoms with E-state index in [1.54, 1.807) is 11.8 Å². The predicted octanol–water partition coefficient (Wildman–Crippen LogP) is 4.46. The molecule has 0 saturated carbocycles. The van der Waals surface area contributed by atoms with Crippen molar-refractivity contribution in [2.75, 3.05) is 5.75 Å². The van der Waals surface area contributed by atoms with Crippen molar-refractivity contribution in [2.45, 2.75) is 35.4 Å². The summed E-state index contributed by atoms with van der Waals surface area (Å²) in [5.74, 6) is 1.99. The van der Waals surface area contributed by atoms with E-state index in [1.165, 1.54) is 15.4 Å². The van der Waals surface area contributed by atoms with E-state index in [2.05, 4.69) is 32.5 Å². The lowest BCUT2D eigenvalue weighted by Crippen LogP contribution is -1.97.